The van der Waals surface area contributed by atoms with Gasteiger partial charge in [0.2, 0.25) is 5.91 Å². The first-order valence-electron chi connectivity index (χ1n) is 8.31. The van der Waals surface area contributed by atoms with Crippen LogP contribution in [-0.4, -0.2) is 49.1 Å². The fourth-order valence-corrected chi connectivity index (χ4v) is 2.84. The summed E-state index contributed by atoms with van der Waals surface area (Å²) in [7, 11) is 0. The average molecular weight is 281 g/mol. The lowest BCUT2D eigenvalue weighted by Crippen LogP contribution is -2.49. The second-order valence-corrected chi connectivity index (χ2v) is 6.99. The molecule has 1 unspecified atom stereocenters. The number of likely N-dealkylation sites (tertiary alicyclic amines) is 1. The molecule has 0 aromatic carbocycles. The van der Waals surface area contributed by atoms with Crippen LogP contribution in [0.2, 0.25) is 0 Å². The van der Waals surface area contributed by atoms with Gasteiger partial charge in [0.15, 0.2) is 0 Å². The molecular weight excluding hydrogens is 250 g/mol. The molecule has 4 nitrogen and oxygen atoms in total. The molecule has 1 saturated heterocycles. The molecule has 0 spiro atoms. The van der Waals surface area contributed by atoms with Gasteiger partial charge < -0.3 is 10.6 Å². The van der Waals surface area contributed by atoms with Crippen LogP contribution >= 0.6 is 0 Å². The molecule has 116 valence electrons. The third-order valence-electron chi connectivity index (χ3n) is 4.49. The fourth-order valence-electron chi connectivity index (χ4n) is 2.84. The van der Waals surface area contributed by atoms with E-state index in [0.717, 1.165) is 38.0 Å². The second kappa shape index (κ2) is 7.41. The topological polar surface area (TPSA) is 44.4 Å². The molecule has 2 aliphatic rings. The van der Waals surface area contributed by atoms with Crippen molar-refractivity contribution in [3.63, 3.8) is 0 Å². The number of hydrogen-bond acceptors (Lipinski definition) is 3. The summed E-state index contributed by atoms with van der Waals surface area (Å²) in [5.74, 6) is 1.73. The third kappa shape index (κ3) is 5.06. The Bertz CT molecular complexity index is 307. The maximum atomic E-state index is 12.1. The van der Waals surface area contributed by atoms with E-state index in [1.165, 1.54) is 25.7 Å². The number of nitrogens with zero attached hydrogens (tertiary/aromatic N) is 1. The van der Waals surface area contributed by atoms with Gasteiger partial charge in [-0.05, 0) is 70.6 Å². The van der Waals surface area contributed by atoms with Crippen LogP contribution in [-0.2, 0) is 4.79 Å². The second-order valence-electron chi connectivity index (χ2n) is 6.99. The molecule has 1 aliphatic heterocycles. The largest absolute Gasteiger partial charge is 0.352 e. The van der Waals surface area contributed by atoms with Gasteiger partial charge in [-0.2, -0.15) is 0 Å². The first-order valence-corrected chi connectivity index (χ1v) is 8.31. The molecule has 2 rings (SSSR count). The predicted molar refractivity (Wildman–Crippen MR) is 82.6 cm³/mol. The van der Waals surface area contributed by atoms with Crippen LogP contribution in [0.5, 0.6) is 0 Å². The maximum absolute atomic E-state index is 12.1. The monoisotopic (exact) mass is 281 g/mol. The number of amides is 1. The predicted octanol–water partition coefficient (Wildman–Crippen LogP) is 1.61. The zero-order valence-corrected chi connectivity index (χ0v) is 13.3. The number of carbonyl (C=O) groups is 1. The Morgan fingerprint density at radius 1 is 1.15 bits per heavy atom. The van der Waals surface area contributed by atoms with Crippen molar-refractivity contribution in [1.29, 1.82) is 0 Å². The minimum absolute atomic E-state index is 0.0418. The Balaban J connectivity index is 1.63. The van der Waals surface area contributed by atoms with Crippen molar-refractivity contribution >= 4 is 5.91 Å². The standard InChI is InChI=1S/C16H31N3O/c1-12(2)10-17-11-14-6-8-19(9-7-14)13(3)16(20)18-15-4-5-15/h12-15,17H,4-11H2,1-3H3,(H,18,20). The van der Waals surface area contributed by atoms with Crippen LogP contribution in [0.15, 0.2) is 0 Å². The molecule has 0 aromatic heterocycles. The number of rotatable bonds is 7. The Morgan fingerprint density at radius 2 is 1.80 bits per heavy atom. The summed E-state index contributed by atoms with van der Waals surface area (Å²) in [4.78, 5) is 14.4. The van der Waals surface area contributed by atoms with Gasteiger partial charge in [0.05, 0.1) is 6.04 Å². The molecule has 2 N–H and O–H groups in total. The third-order valence-corrected chi connectivity index (χ3v) is 4.49. The van der Waals surface area contributed by atoms with E-state index in [0.29, 0.717) is 6.04 Å². The van der Waals surface area contributed by atoms with Crippen LogP contribution in [0.25, 0.3) is 0 Å². The van der Waals surface area contributed by atoms with Crippen LogP contribution in [0, 0.1) is 11.8 Å². The van der Waals surface area contributed by atoms with E-state index in [2.05, 4.69) is 36.3 Å². The molecule has 20 heavy (non-hydrogen) atoms. The summed E-state index contributed by atoms with van der Waals surface area (Å²) in [5, 5.41) is 6.67. The van der Waals surface area contributed by atoms with Crippen LogP contribution in [0.1, 0.15) is 46.5 Å². The highest BCUT2D eigenvalue weighted by molar-refractivity contribution is 5.81. The lowest BCUT2D eigenvalue weighted by atomic mass is 9.95. The highest BCUT2D eigenvalue weighted by atomic mass is 16.2. The zero-order valence-electron chi connectivity index (χ0n) is 13.3. The van der Waals surface area contributed by atoms with Crippen LogP contribution in [0.4, 0.5) is 0 Å². The highest BCUT2D eigenvalue weighted by Crippen LogP contribution is 2.21. The fraction of sp³-hybridized carbons (Fsp3) is 0.938. The Morgan fingerprint density at radius 3 is 2.35 bits per heavy atom. The van der Waals surface area contributed by atoms with Crippen LogP contribution < -0.4 is 10.6 Å². The van der Waals surface area contributed by atoms with Crippen molar-refractivity contribution in [3.05, 3.63) is 0 Å². The van der Waals surface area contributed by atoms with E-state index in [-0.39, 0.29) is 11.9 Å². The van der Waals surface area contributed by atoms with Crippen molar-refractivity contribution in [2.75, 3.05) is 26.2 Å². The van der Waals surface area contributed by atoms with E-state index in [1.807, 2.05) is 0 Å². The Hall–Kier alpha value is -0.610. The summed E-state index contributed by atoms with van der Waals surface area (Å²) >= 11 is 0. The lowest BCUT2D eigenvalue weighted by molar-refractivity contribution is -0.126. The summed E-state index contributed by atoms with van der Waals surface area (Å²) < 4.78 is 0. The first-order chi connectivity index (χ1) is 9.56. The molecule has 1 heterocycles. The van der Waals surface area contributed by atoms with E-state index in [1.54, 1.807) is 0 Å². The van der Waals surface area contributed by atoms with E-state index in [4.69, 9.17) is 0 Å². The normalized spacial score (nSPS) is 23.0. The molecule has 2 fully saturated rings. The molecule has 1 atom stereocenters. The van der Waals surface area contributed by atoms with Gasteiger partial charge in [-0.3, -0.25) is 9.69 Å². The molecule has 0 radical (unpaired) electrons. The van der Waals surface area contributed by atoms with Gasteiger partial charge in [-0.15, -0.1) is 0 Å². The van der Waals surface area contributed by atoms with E-state index >= 15 is 0 Å². The number of nitrogens with one attached hydrogen (secondary N) is 2. The average Bonchev–Trinajstić information content (AvgIpc) is 3.22. The molecule has 0 bridgehead atoms. The molecule has 1 amide bonds. The van der Waals surface area contributed by atoms with E-state index < -0.39 is 0 Å². The van der Waals surface area contributed by atoms with Crippen molar-refractivity contribution < 1.29 is 4.79 Å². The first kappa shape index (κ1) is 15.8. The number of hydrogen-bond donors (Lipinski definition) is 2. The molecule has 4 heteroatoms. The van der Waals surface area contributed by atoms with Crippen molar-refractivity contribution in [1.82, 2.24) is 15.5 Å². The summed E-state index contributed by atoms with van der Waals surface area (Å²) in [6.45, 7) is 10.9. The van der Waals surface area contributed by atoms with Crippen LogP contribution in [0.3, 0.4) is 0 Å². The van der Waals surface area contributed by atoms with Crippen molar-refractivity contribution in [2.24, 2.45) is 11.8 Å². The van der Waals surface area contributed by atoms with Gasteiger partial charge in [0.1, 0.15) is 0 Å². The zero-order chi connectivity index (χ0) is 14.5. The molecule has 0 aromatic rings. The van der Waals surface area contributed by atoms with Gasteiger partial charge in [0.25, 0.3) is 0 Å². The summed E-state index contributed by atoms with van der Waals surface area (Å²) in [6.07, 6.45) is 4.77. The molecular formula is C16H31N3O. The minimum Gasteiger partial charge on any atom is -0.352 e. The quantitative estimate of drug-likeness (QED) is 0.745. The smallest absolute Gasteiger partial charge is 0.237 e. The van der Waals surface area contributed by atoms with Crippen molar-refractivity contribution in [2.45, 2.75) is 58.5 Å². The molecule has 1 saturated carbocycles. The van der Waals surface area contributed by atoms with Crippen molar-refractivity contribution in [3.8, 4) is 0 Å². The minimum atomic E-state index is 0.0418. The Labute approximate surface area is 123 Å². The Kier molecular flexibility index (Phi) is 5.85. The van der Waals surface area contributed by atoms with Gasteiger partial charge in [-0.1, -0.05) is 13.8 Å². The van der Waals surface area contributed by atoms with Gasteiger partial charge in [-0.25, -0.2) is 0 Å². The highest BCUT2D eigenvalue weighted by Gasteiger charge is 2.30. The van der Waals surface area contributed by atoms with Gasteiger partial charge >= 0.3 is 0 Å². The summed E-state index contributed by atoms with van der Waals surface area (Å²) in [5.41, 5.74) is 0. The maximum Gasteiger partial charge on any atom is 0.237 e. The number of piperidine rings is 1. The SMILES string of the molecule is CC(C)CNCC1CCN(C(C)C(=O)NC2CC2)CC1. The van der Waals surface area contributed by atoms with Gasteiger partial charge in [0, 0.05) is 6.04 Å². The number of carbonyl (C=O) groups excluding carboxylic acids is 1. The molecule has 1 aliphatic carbocycles. The lowest BCUT2D eigenvalue weighted by Gasteiger charge is -2.35. The van der Waals surface area contributed by atoms with E-state index in [9.17, 15) is 4.79 Å². The summed E-state index contributed by atoms with van der Waals surface area (Å²) in [6, 6.07) is 0.517.